The topological polar surface area (TPSA) is 67.2 Å². The molecule has 0 spiro atoms. The lowest BCUT2D eigenvalue weighted by molar-refractivity contribution is -0.173. The van der Waals surface area contributed by atoms with Gasteiger partial charge in [-0.25, -0.2) is 9.37 Å². The second kappa shape index (κ2) is 9.49. The number of carbonyl (C=O) groups excluding carboxylic acids is 2. The van der Waals surface area contributed by atoms with Gasteiger partial charge in [0.1, 0.15) is 11.6 Å². The minimum absolute atomic E-state index is 0.0328. The predicted octanol–water partition coefficient (Wildman–Crippen LogP) is 3.58. The summed E-state index contributed by atoms with van der Waals surface area (Å²) in [7, 11) is 0. The Labute approximate surface area is 177 Å². The molecule has 0 saturated carbocycles. The molecule has 6 nitrogen and oxygen atoms in total. The Morgan fingerprint density at radius 1 is 1.10 bits per heavy atom. The van der Waals surface area contributed by atoms with Crippen LogP contribution in [0.1, 0.15) is 37.2 Å². The average Bonchev–Trinajstić information content (AvgIpc) is 3.06. The maximum absolute atomic E-state index is 13.2. The number of nitrogens with one attached hydrogen (secondary N) is 1. The fraction of sp³-hybridized carbons (Fsp3) is 0.476. The molecule has 2 amide bonds. The van der Waals surface area contributed by atoms with E-state index in [2.05, 4.69) is 9.55 Å². The molecule has 0 radical (unpaired) electrons. The van der Waals surface area contributed by atoms with Gasteiger partial charge in [0.15, 0.2) is 0 Å². The number of fused-ring (bicyclic) bond motifs is 1. The minimum Gasteiger partial charge on any atom is -0.348 e. The zero-order chi connectivity index (χ0) is 22.6. The first kappa shape index (κ1) is 22.8. The Morgan fingerprint density at radius 2 is 1.81 bits per heavy atom. The molecule has 31 heavy (non-hydrogen) atoms. The van der Waals surface area contributed by atoms with Gasteiger partial charge in [-0.05, 0) is 44.0 Å². The number of unbranched alkanes of at least 4 members (excludes halogenated alkanes) is 2. The number of hydrogen-bond donors (Lipinski definition) is 1. The van der Waals surface area contributed by atoms with Crippen molar-refractivity contribution in [2.24, 2.45) is 0 Å². The number of alkyl halides is 3. The number of nitrogens with zero attached hydrogens (tertiary/aromatic N) is 3. The summed E-state index contributed by atoms with van der Waals surface area (Å²) >= 11 is 0. The van der Waals surface area contributed by atoms with E-state index in [-0.39, 0.29) is 24.7 Å². The van der Waals surface area contributed by atoms with Gasteiger partial charge in [-0.3, -0.25) is 9.59 Å². The first-order valence-corrected chi connectivity index (χ1v) is 10.1. The van der Waals surface area contributed by atoms with Crippen LogP contribution in [-0.4, -0.2) is 45.5 Å². The van der Waals surface area contributed by atoms with E-state index in [4.69, 9.17) is 0 Å². The van der Waals surface area contributed by atoms with Crippen molar-refractivity contribution in [3.8, 4) is 11.3 Å². The summed E-state index contributed by atoms with van der Waals surface area (Å²) in [6.07, 6.45) is -3.13. The largest absolute Gasteiger partial charge is 0.471 e. The second-order valence-electron chi connectivity index (χ2n) is 7.50. The summed E-state index contributed by atoms with van der Waals surface area (Å²) in [6.45, 7) is 3.42. The molecule has 1 aromatic carbocycles. The van der Waals surface area contributed by atoms with Crippen LogP contribution in [0.25, 0.3) is 11.3 Å². The van der Waals surface area contributed by atoms with Crippen LogP contribution in [0.4, 0.5) is 17.6 Å². The first-order valence-electron chi connectivity index (χ1n) is 10.1. The van der Waals surface area contributed by atoms with Crippen molar-refractivity contribution >= 4 is 11.8 Å². The van der Waals surface area contributed by atoms with Gasteiger partial charge in [-0.2, -0.15) is 13.2 Å². The SMILES string of the molecule is Cc1c(-c2ccc(F)cc2)nc2n1CCN(C(=O)CCCCCNC(=O)C(F)(F)F)C2. The van der Waals surface area contributed by atoms with Gasteiger partial charge in [0, 0.05) is 37.3 Å². The molecule has 1 aromatic heterocycles. The Morgan fingerprint density at radius 3 is 2.48 bits per heavy atom. The normalized spacial score (nSPS) is 13.8. The molecule has 1 aliphatic rings. The van der Waals surface area contributed by atoms with E-state index in [9.17, 15) is 27.2 Å². The van der Waals surface area contributed by atoms with Gasteiger partial charge < -0.3 is 14.8 Å². The number of aromatic nitrogens is 2. The van der Waals surface area contributed by atoms with Crippen LogP contribution < -0.4 is 5.32 Å². The van der Waals surface area contributed by atoms with Gasteiger partial charge in [0.25, 0.3) is 0 Å². The number of imidazole rings is 1. The number of benzene rings is 1. The lowest BCUT2D eigenvalue weighted by Gasteiger charge is -2.28. The fourth-order valence-corrected chi connectivity index (χ4v) is 3.61. The molecule has 2 heterocycles. The van der Waals surface area contributed by atoms with Gasteiger partial charge >= 0.3 is 12.1 Å². The summed E-state index contributed by atoms with van der Waals surface area (Å²) in [6, 6.07) is 6.13. The molecule has 3 rings (SSSR count). The van der Waals surface area contributed by atoms with E-state index >= 15 is 0 Å². The summed E-state index contributed by atoms with van der Waals surface area (Å²) in [4.78, 5) is 29.6. The molecule has 0 atom stereocenters. The van der Waals surface area contributed by atoms with Crippen LogP contribution in [0.2, 0.25) is 0 Å². The third-order valence-electron chi connectivity index (χ3n) is 5.31. The highest BCUT2D eigenvalue weighted by Gasteiger charge is 2.38. The smallest absolute Gasteiger partial charge is 0.348 e. The molecule has 0 fully saturated rings. The molecule has 10 heteroatoms. The van der Waals surface area contributed by atoms with E-state index in [1.807, 2.05) is 12.2 Å². The number of rotatable bonds is 7. The van der Waals surface area contributed by atoms with Gasteiger partial charge in [0.05, 0.1) is 12.2 Å². The molecule has 1 N–H and O–H groups in total. The number of carbonyl (C=O) groups is 2. The van der Waals surface area contributed by atoms with Crippen molar-refractivity contribution in [2.45, 2.75) is 51.9 Å². The highest BCUT2D eigenvalue weighted by molar-refractivity contribution is 5.81. The highest BCUT2D eigenvalue weighted by Crippen LogP contribution is 2.26. The van der Waals surface area contributed by atoms with Crippen molar-refractivity contribution in [1.82, 2.24) is 19.8 Å². The van der Waals surface area contributed by atoms with E-state index in [1.165, 1.54) is 12.1 Å². The molecular formula is C21H24F4N4O2. The standard InChI is InChI=1S/C21H24F4N4O2/c1-14-19(15-6-8-16(22)9-7-15)27-17-13-28(11-12-29(14)17)18(30)5-3-2-4-10-26-20(31)21(23,24)25/h6-9H,2-5,10-13H2,1H3,(H,26,31). The minimum atomic E-state index is -4.87. The summed E-state index contributed by atoms with van der Waals surface area (Å²) < 4.78 is 51.5. The van der Waals surface area contributed by atoms with Crippen LogP contribution in [0, 0.1) is 12.7 Å². The van der Waals surface area contributed by atoms with Crippen LogP contribution >= 0.6 is 0 Å². The Kier molecular flexibility index (Phi) is 6.97. The lowest BCUT2D eigenvalue weighted by Crippen LogP contribution is -2.38. The van der Waals surface area contributed by atoms with Crippen LogP contribution in [0.3, 0.4) is 0 Å². The van der Waals surface area contributed by atoms with E-state index in [0.717, 1.165) is 22.8 Å². The van der Waals surface area contributed by atoms with Crippen molar-refractivity contribution in [2.75, 3.05) is 13.1 Å². The summed E-state index contributed by atoms with van der Waals surface area (Å²) in [5.74, 6) is -1.52. The Bertz CT molecular complexity index is 938. The predicted molar refractivity (Wildman–Crippen MR) is 105 cm³/mol. The van der Waals surface area contributed by atoms with Crippen molar-refractivity contribution in [1.29, 1.82) is 0 Å². The zero-order valence-electron chi connectivity index (χ0n) is 17.1. The van der Waals surface area contributed by atoms with E-state index in [1.54, 1.807) is 17.0 Å². The van der Waals surface area contributed by atoms with Crippen molar-refractivity contribution < 1.29 is 27.2 Å². The average molecular weight is 440 g/mol. The molecule has 0 bridgehead atoms. The highest BCUT2D eigenvalue weighted by atomic mass is 19.4. The fourth-order valence-electron chi connectivity index (χ4n) is 3.61. The third kappa shape index (κ3) is 5.62. The third-order valence-corrected chi connectivity index (χ3v) is 5.31. The van der Waals surface area contributed by atoms with Gasteiger partial charge in [0.2, 0.25) is 5.91 Å². The molecular weight excluding hydrogens is 416 g/mol. The second-order valence-corrected chi connectivity index (χ2v) is 7.50. The molecule has 0 aliphatic carbocycles. The van der Waals surface area contributed by atoms with Crippen LogP contribution in [0.5, 0.6) is 0 Å². The molecule has 168 valence electrons. The van der Waals surface area contributed by atoms with Crippen molar-refractivity contribution in [3.63, 3.8) is 0 Å². The lowest BCUT2D eigenvalue weighted by atomic mass is 10.1. The Hall–Kier alpha value is -2.91. The number of amides is 2. The Balaban J connectivity index is 1.47. The number of halogens is 4. The van der Waals surface area contributed by atoms with Crippen LogP contribution in [-0.2, 0) is 22.7 Å². The van der Waals surface area contributed by atoms with Crippen LogP contribution in [0.15, 0.2) is 24.3 Å². The van der Waals surface area contributed by atoms with Gasteiger partial charge in [-0.15, -0.1) is 0 Å². The number of hydrogen-bond acceptors (Lipinski definition) is 3. The zero-order valence-corrected chi connectivity index (χ0v) is 17.1. The van der Waals surface area contributed by atoms with E-state index < -0.39 is 12.1 Å². The maximum Gasteiger partial charge on any atom is 0.471 e. The van der Waals surface area contributed by atoms with E-state index in [0.29, 0.717) is 38.9 Å². The summed E-state index contributed by atoms with van der Waals surface area (Å²) in [5.41, 5.74) is 2.55. The van der Waals surface area contributed by atoms with Crippen molar-refractivity contribution in [3.05, 3.63) is 41.6 Å². The first-order chi connectivity index (χ1) is 14.7. The molecule has 0 saturated heterocycles. The van der Waals surface area contributed by atoms with Gasteiger partial charge in [-0.1, -0.05) is 6.42 Å². The molecule has 1 aliphatic heterocycles. The summed E-state index contributed by atoms with van der Waals surface area (Å²) in [5, 5.41) is 1.82. The maximum atomic E-state index is 13.2. The molecule has 0 unspecified atom stereocenters. The molecule has 2 aromatic rings. The monoisotopic (exact) mass is 440 g/mol. The quantitative estimate of drug-likeness (QED) is 0.529.